The molecule has 18 heavy (non-hydrogen) atoms. The molecule has 0 aliphatic carbocycles. The number of para-hydroxylation sites is 1. The molecule has 5 nitrogen and oxygen atoms in total. The number of Topliss-reactive ketones (excluding diaryl/α,β-unsaturated/α-hetero) is 1. The minimum Gasteiger partial charge on any atom is -0.291 e. The minimum absolute atomic E-state index is 0.270. The molecular weight excluding hydrogens is 252 g/mol. The lowest BCUT2D eigenvalue weighted by atomic mass is 10.3. The average molecular weight is 264 g/mol. The summed E-state index contributed by atoms with van der Waals surface area (Å²) in [6.45, 7) is 0. The number of hydrogen-bond donors (Lipinski definition) is 0. The first kappa shape index (κ1) is 12.5. The van der Waals surface area contributed by atoms with E-state index >= 15 is 0 Å². The minimum atomic E-state index is -3.34. The van der Waals surface area contributed by atoms with Crippen molar-refractivity contribution >= 4 is 15.6 Å². The van der Waals surface area contributed by atoms with Crippen molar-refractivity contribution in [2.75, 3.05) is 12.0 Å². The van der Waals surface area contributed by atoms with Crippen LogP contribution in [0.2, 0.25) is 0 Å². The number of benzene rings is 1. The highest BCUT2D eigenvalue weighted by atomic mass is 32.2. The van der Waals surface area contributed by atoms with E-state index in [9.17, 15) is 13.2 Å². The van der Waals surface area contributed by atoms with Gasteiger partial charge in [0, 0.05) is 6.26 Å². The molecule has 94 valence electrons. The second kappa shape index (κ2) is 4.73. The van der Waals surface area contributed by atoms with Gasteiger partial charge < -0.3 is 0 Å². The molecule has 2 rings (SSSR count). The third kappa shape index (κ3) is 2.84. The number of aromatic nitrogens is 2. The number of carbonyl (C=O) groups excluding carboxylic acids is 1. The topological polar surface area (TPSA) is 69.0 Å². The molecule has 6 heteroatoms. The van der Waals surface area contributed by atoms with E-state index in [-0.39, 0.29) is 5.69 Å². The van der Waals surface area contributed by atoms with Gasteiger partial charge in [-0.3, -0.25) is 4.79 Å². The molecule has 0 atom stereocenters. The van der Waals surface area contributed by atoms with Crippen LogP contribution < -0.4 is 0 Å². The third-order valence-electron chi connectivity index (χ3n) is 2.32. The molecular formula is C12H12N2O3S. The van der Waals surface area contributed by atoms with Crippen LogP contribution in [0.15, 0.2) is 42.6 Å². The quantitative estimate of drug-likeness (QED) is 0.775. The standard InChI is InChI=1S/C12H12N2O3S/c1-18(16,17)9-12(15)11-7-8-13-14(11)10-5-3-2-4-6-10/h2-8H,9H2,1H3. The van der Waals surface area contributed by atoms with E-state index in [1.165, 1.54) is 16.9 Å². The van der Waals surface area contributed by atoms with Crippen molar-refractivity contribution in [2.45, 2.75) is 0 Å². The Hall–Kier alpha value is -1.95. The van der Waals surface area contributed by atoms with E-state index in [1.807, 2.05) is 18.2 Å². The Morgan fingerprint density at radius 2 is 1.89 bits per heavy atom. The number of carbonyl (C=O) groups is 1. The highest BCUT2D eigenvalue weighted by Gasteiger charge is 2.17. The van der Waals surface area contributed by atoms with E-state index in [0.717, 1.165) is 11.9 Å². The lowest BCUT2D eigenvalue weighted by Crippen LogP contribution is -2.18. The van der Waals surface area contributed by atoms with Gasteiger partial charge >= 0.3 is 0 Å². The van der Waals surface area contributed by atoms with Crippen LogP contribution in [-0.2, 0) is 9.84 Å². The molecule has 0 bridgehead atoms. The summed E-state index contributed by atoms with van der Waals surface area (Å²) < 4.78 is 23.7. The Bertz CT molecular complexity index is 660. The SMILES string of the molecule is CS(=O)(=O)CC(=O)c1ccnn1-c1ccccc1. The Labute approximate surface area is 105 Å². The fraction of sp³-hybridized carbons (Fsp3) is 0.167. The van der Waals surface area contributed by atoms with Gasteiger partial charge in [-0.2, -0.15) is 5.10 Å². The molecule has 0 saturated heterocycles. The molecule has 0 amide bonds. The number of sulfone groups is 1. The largest absolute Gasteiger partial charge is 0.291 e. The fourth-order valence-corrected chi connectivity index (χ4v) is 2.23. The first-order valence-electron chi connectivity index (χ1n) is 5.28. The summed E-state index contributed by atoms with van der Waals surface area (Å²) in [6.07, 6.45) is 2.51. The van der Waals surface area contributed by atoms with Gasteiger partial charge in [0.25, 0.3) is 0 Å². The van der Waals surface area contributed by atoms with Crippen LogP contribution in [0.4, 0.5) is 0 Å². The molecule has 0 fully saturated rings. The van der Waals surface area contributed by atoms with Crippen molar-refractivity contribution in [1.29, 1.82) is 0 Å². The van der Waals surface area contributed by atoms with Gasteiger partial charge in [0.15, 0.2) is 15.6 Å². The first-order valence-corrected chi connectivity index (χ1v) is 7.34. The molecule has 1 aromatic heterocycles. The van der Waals surface area contributed by atoms with Gasteiger partial charge in [-0.25, -0.2) is 13.1 Å². The monoisotopic (exact) mass is 264 g/mol. The van der Waals surface area contributed by atoms with Gasteiger partial charge in [0.1, 0.15) is 11.4 Å². The zero-order chi connectivity index (χ0) is 13.2. The number of hydrogen-bond acceptors (Lipinski definition) is 4. The first-order chi connectivity index (χ1) is 8.47. The van der Waals surface area contributed by atoms with E-state index < -0.39 is 21.4 Å². The Morgan fingerprint density at radius 1 is 1.22 bits per heavy atom. The molecule has 1 heterocycles. The number of ketones is 1. The summed E-state index contributed by atoms with van der Waals surface area (Å²) >= 11 is 0. The Balaban J connectivity index is 2.37. The second-order valence-corrected chi connectivity index (χ2v) is 6.10. The van der Waals surface area contributed by atoms with E-state index in [1.54, 1.807) is 12.1 Å². The maximum atomic E-state index is 11.9. The molecule has 1 aromatic carbocycles. The van der Waals surface area contributed by atoms with Crippen LogP contribution >= 0.6 is 0 Å². The van der Waals surface area contributed by atoms with Crippen LogP contribution in [0.3, 0.4) is 0 Å². The van der Waals surface area contributed by atoms with E-state index in [2.05, 4.69) is 5.10 Å². The van der Waals surface area contributed by atoms with Crippen LogP contribution in [0.5, 0.6) is 0 Å². The summed E-state index contributed by atoms with van der Waals surface area (Å²) in [5.74, 6) is -0.968. The van der Waals surface area contributed by atoms with Crippen LogP contribution in [0.1, 0.15) is 10.5 Å². The average Bonchev–Trinajstić information content (AvgIpc) is 2.76. The molecule has 0 aliphatic rings. The maximum Gasteiger partial charge on any atom is 0.196 e. The van der Waals surface area contributed by atoms with Crippen molar-refractivity contribution in [3.63, 3.8) is 0 Å². The van der Waals surface area contributed by atoms with Crippen molar-refractivity contribution < 1.29 is 13.2 Å². The molecule has 0 spiro atoms. The summed E-state index contributed by atoms with van der Waals surface area (Å²) in [5, 5.41) is 4.04. The normalized spacial score (nSPS) is 11.4. The van der Waals surface area contributed by atoms with Crippen molar-refractivity contribution in [3.05, 3.63) is 48.3 Å². The second-order valence-electron chi connectivity index (χ2n) is 3.96. The molecule has 0 N–H and O–H groups in total. The molecule has 0 unspecified atom stereocenters. The zero-order valence-corrected chi connectivity index (χ0v) is 10.6. The highest BCUT2D eigenvalue weighted by molar-refractivity contribution is 7.91. The molecule has 0 saturated carbocycles. The van der Waals surface area contributed by atoms with Gasteiger partial charge in [0.05, 0.1) is 11.9 Å². The summed E-state index contributed by atoms with van der Waals surface area (Å²) in [6, 6.07) is 10.6. The van der Waals surface area contributed by atoms with E-state index in [4.69, 9.17) is 0 Å². The smallest absolute Gasteiger partial charge is 0.196 e. The Morgan fingerprint density at radius 3 is 2.50 bits per heavy atom. The maximum absolute atomic E-state index is 11.9. The van der Waals surface area contributed by atoms with Crippen LogP contribution in [-0.4, -0.2) is 36.0 Å². The zero-order valence-electron chi connectivity index (χ0n) is 9.78. The molecule has 0 aliphatic heterocycles. The van der Waals surface area contributed by atoms with Gasteiger partial charge in [-0.1, -0.05) is 18.2 Å². The van der Waals surface area contributed by atoms with Crippen LogP contribution in [0, 0.1) is 0 Å². The lowest BCUT2D eigenvalue weighted by molar-refractivity contribution is 0.101. The lowest BCUT2D eigenvalue weighted by Gasteiger charge is -2.05. The molecule has 0 radical (unpaired) electrons. The van der Waals surface area contributed by atoms with Crippen molar-refractivity contribution in [2.24, 2.45) is 0 Å². The summed E-state index contributed by atoms with van der Waals surface area (Å²) in [5.41, 5.74) is 0.992. The summed E-state index contributed by atoms with van der Waals surface area (Å²) in [4.78, 5) is 11.9. The fourth-order valence-electron chi connectivity index (χ4n) is 1.60. The van der Waals surface area contributed by atoms with Crippen molar-refractivity contribution in [1.82, 2.24) is 9.78 Å². The Kier molecular flexibility index (Phi) is 3.29. The van der Waals surface area contributed by atoms with Gasteiger partial charge in [-0.05, 0) is 18.2 Å². The molecule has 2 aromatic rings. The number of nitrogens with zero attached hydrogens (tertiary/aromatic N) is 2. The van der Waals surface area contributed by atoms with Crippen LogP contribution in [0.25, 0.3) is 5.69 Å². The predicted molar refractivity (Wildman–Crippen MR) is 67.6 cm³/mol. The highest BCUT2D eigenvalue weighted by Crippen LogP contribution is 2.11. The summed E-state index contributed by atoms with van der Waals surface area (Å²) in [7, 11) is -3.34. The van der Waals surface area contributed by atoms with Crippen molar-refractivity contribution in [3.8, 4) is 5.69 Å². The predicted octanol–water partition coefficient (Wildman–Crippen LogP) is 1.10. The number of rotatable bonds is 4. The van der Waals surface area contributed by atoms with Gasteiger partial charge in [0.2, 0.25) is 0 Å². The third-order valence-corrected chi connectivity index (χ3v) is 3.11. The van der Waals surface area contributed by atoms with Gasteiger partial charge in [-0.15, -0.1) is 0 Å². The van der Waals surface area contributed by atoms with E-state index in [0.29, 0.717) is 0 Å².